The van der Waals surface area contributed by atoms with Gasteiger partial charge < -0.3 is 9.32 Å². The highest BCUT2D eigenvalue weighted by Gasteiger charge is 2.20. The monoisotopic (exact) mass is 687 g/mol. The lowest BCUT2D eigenvalue weighted by atomic mass is 9.90. The molecule has 0 aliphatic heterocycles. The Kier molecular flexibility index (Phi) is 6.90. The summed E-state index contributed by atoms with van der Waals surface area (Å²) in [5, 5.41) is 12.2. The summed E-state index contributed by atoms with van der Waals surface area (Å²) in [6, 6.07) is 72.3. The number of fused-ring (bicyclic) bond motifs is 10. The molecule has 0 saturated heterocycles. The summed E-state index contributed by atoms with van der Waals surface area (Å²) in [6.45, 7) is 0. The Balaban J connectivity index is 1.10. The molecule has 0 unspecified atom stereocenters. The van der Waals surface area contributed by atoms with Crippen LogP contribution in [-0.4, -0.2) is 0 Å². The van der Waals surface area contributed by atoms with Gasteiger partial charge in [-0.25, -0.2) is 0 Å². The van der Waals surface area contributed by atoms with E-state index in [1.54, 1.807) is 0 Å². The quantitative estimate of drug-likeness (QED) is 0.168. The van der Waals surface area contributed by atoms with E-state index in [1.807, 2.05) is 0 Å². The van der Waals surface area contributed by atoms with Crippen molar-refractivity contribution in [2.75, 3.05) is 4.90 Å². The summed E-state index contributed by atoms with van der Waals surface area (Å²) in [4.78, 5) is 2.38. The van der Waals surface area contributed by atoms with Gasteiger partial charge in [0.1, 0.15) is 11.2 Å². The minimum Gasteiger partial charge on any atom is -0.455 e. The number of furan rings is 1. The molecule has 0 atom stereocenters. The van der Waals surface area contributed by atoms with Gasteiger partial charge in [0, 0.05) is 33.1 Å². The fourth-order valence-electron chi connectivity index (χ4n) is 8.50. The van der Waals surface area contributed by atoms with Crippen LogP contribution in [-0.2, 0) is 0 Å². The summed E-state index contributed by atoms with van der Waals surface area (Å²) in [5.74, 6) is 0. The van der Waals surface area contributed by atoms with Gasteiger partial charge in [0.05, 0.1) is 5.69 Å². The molecule has 0 fully saturated rings. The highest BCUT2D eigenvalue weighted by molar-refractivity contribution is 6.23. The Bertz CT molecular complexity index is 3210. The van der Waals surface area contributed by atoms with Gasteiger partial charge in [-0.2, -0.15) is 0 Å². The van der Waals surface area contributed by atoms with Gasteiger partial charge in [0.15, 0.2) is 0 Å². The summed E-state index contributed by atoms with van der Waals surface area (Å²) in [7, 11) is 0. The maximum atomic E-state index is 6.54. The van der Waals surface area contributed by atoms with Crippen molar-refractivity contribution in [2.45, 2.75) is 0 Å². The second-order valence-corrected chi connectivity index (χ2v) is 14.1. The molecular weight excluding hydrogens is 655 g/mol. The molecule has 2 heteroatoms. The van der Waals surface area contributed by atoms with Gasteiger partial charge >= 0.3 is 0 Å². The fraction of sp³-hybridized carbons (Fsp3) is 0. The smallest absolute Gasteiger partial charge is 0.143 e. The highest BCUT2D eigenvalue weighted by Crippen LogP contribution is 2.45. The second-order valence-electron chi connectivity index (χ2n) is 14.1. The molecule has 0 spiro atoms. The molecule has 54 heavy (non-hydrogen) atoms. The minimum atomic E-state index is 0.882. The van der Waals surface area contributed by atoms with E-state index in [9.17, 15) is 0 Å². The first-order valence-corrected chi connectivity index (χ1v) is 18.5. The van der Waals surface area contributed by atoms with E-state index in [1.165, 1.54) is 54.4 Å². The predicted octanol–water partition coefficient (Wildman–Crippen LogP) is 15.0. The second kappa shape index (κ2) is 12.2. The van der Waals surface area contributed by atoms with E-state index in [0.717, 1.165) is 50.0 Å². The SMILES string of the molecule is c1ccc(-c2ccccc2N(c2ccc(-c3cc4ccc5ccccc5c4c4ccccc34)cc2)c2ccc3oc4c5ccccc5ccc4c3c2)cc1. The Labute approximate surface area is 312 Å². The van der Waals surface area contributed by atoms with Crippen LogP contribution in [0.2, 0.25) is 0 Å². The van der Waals surface area contributed by atoms with Crippen LogP contribution in [0, 0.1) is 0 Å². The zero-order chi connectivity index (χ0) is 35.6. The lowest BCUT2D eigenvalue weighted by Crippen LogP contribution is -2.11. The van der Waals surface area contributed by atoms with Gasteiger partial charge in [0.25, 0.3) is 0 Å². The van der Waals surface area contributed by atoms with Gasteiger partial charge in [-0.15, -0.1) is 0 Å². The number of anilines is 3. The molecule has 0 aliphatic rings. The van der Waals surface area contributed by atoms with E-state index in [4.69, 9.17) is 4.42 Å². The molecule has 2 nitrogen and oxygen atoms in total. The number of hydrogen-bond donors (Lipinski definition) is 0. The first-order chi connectivity index (χ1) is 26.8. The minimum absolute atomic E-state index is 0.882. The van der Waals surface area contributed by atoms with Crippen LogP contribution in [0.25, 0.3) is 87.3 Å². The number of nitrogens with zero attached hydrogens (tertiary/aromatic N) is 1. The van der Waals surface area contributed by atoms with Crippen molar-refractivity contribution >= 4 is 82.1 Å². The summed E-state index contributed by atoms with van der Waals surface area (Å²) in [5.41, 5.74) is 9.82. The Morgan fingerprint density at radius 1 is 0.333 bits per heavy atom. The molecule has 0 saturated carbocycles. The molecule has 0 N–H and O–H groups in total. The third-order valence-electron chi connectivity index (χ3n) is 11.0. The lowest BCUT2D eigenvalue weighted by Gasteiger charge is -2.28. The van der Waals surface area contributed by atoms with Gasteiger partial charge in [-0.05, 0) is 103 Å². The molecule has 1 heterocycles. The lowest BCUT2D eigenvalue weighted by molar-refractivity contribution is 0.672. The molecule has 1 aromatic heterocycles. The average molecular weight is 688 g/mol. The van der Waals surface area contributed by atoms with Crippen LogP contribution in [0.15, 0.2) is 205 Å². The maximum absolute atomic E-state index is 6.54. The average Bonchev–Trinajstić information content (AvgIpc) is 3.63. The molecule has 0 aliphatic carbocycles. The summed E-state index contributed by atoms with van der Waals surface area (Å²) < 4.78 is 6.54. The number of benzene rings is 10. The van der Waals surface area contributed by atoms with Crippen LogP contribution in [0.3, 0.4) is 0 Å². The molecule has 252 valence electrons. The largest absolute Gasteiger partial charge is 0.455 e. The molecule has 11 rings (SSSR count). The zero-order valence-electron chi connectivity index (χ0n) is 29.4. The first kappa shape index (κ1) is 30.5. The maximum Gasteiger partial charge on any atom is 0.143 e. The topological polar surface area (TPSA) is 16.4 Å². The standard InChI is InChI=1S/C52H33NO/c1-2-12-34(13-3-1)41-16-10-11-21-49(41)53(40-29-31-50-48(33-40)46-30-26-36-15-5-7-18-43(36)52(46)54-50)39-27-24-37(25-28-39)47-32-38-23-22-35-14-4-6-17-42(35)51(38)45-20-9-8-19-44(45)47/h1-33H. The van der Waals surface area contributed by atoms with Crippen LogP contribution < -0.4 is 4.90 Å². The Hall–Kier alpha value is -7.16. The molecule has 0 amide bonds. The predicted molar refractivity (Wildman–Crippen MR) is 229 cm³/mol. The fourth-order valence-corrected chi connectivity index (χ4v) is 8.50. The van der Waals surface area contributed by atoms with Crippen LogP contribution >= 0.6 is 0 Å². The van der Waals surface area contributed by atoms with Crippen molar-refractivity contribution in [3.63, 3.8) is 0 Å². The van der Waals surface area contributed by atoms with E-state index in [2.05, 4.69) is 205 Å². The third kappa shape index (κ3) is 4.81. The molecule has 11 aromatic rings. The van der Waals surface area contributed by atoms with E-state index < -0.39 is 0 Å². The van der Waals surface area contributed by atoms with Crippen molar-refractivity contribution < 1.29 is 4.42 Å². The van der Waals surface area contributed by atoms with Gasteiger partial charge in [0.2, 0.25) is 0 Å². The highest BCUT2D eigenvalue weighted by atomic mass is 16.3. The van der Waals surface area contributed by atoms with Crippen molar-refractivity contribution in [1.82, 2.24) is 0 Å². The molecule has 0 bridgehead atoms. The van der Waals surface area contributed by atoms with Gasteiger partial charge in [-0.3, -0.25) is 0 Å². The third-order valence-corrected chi connectivity index (χ3v) is 11.0. The normalized spacial score (nSPS) is 11.7. The van der Waals surface area contributed by atoms with Crippen LogP contribution in [0.1, 0.15) is 0 Å². The number of rotatable bonds is 5. The number of hydrogen-bond acceptors (Lipinski definition) is 2. The molecular formula is C52H33NO. The summed E-state index contributed by atoms with van der Waals surface area (Å²) in [6.07, 6.45) is 0. The van der Waals surface area contributed by atoms with Crippen molar-refractivity contribution in [3.8, 4) is 22.3 Å². The van der Waals surface area contributed by atoms with Gasteiger partial charge in [-0.1, -0.05) is 152 Å². The first-order valence-electron chi connectivity index (χ1n) is 18.5. The van der Waals surface area contributed by atoms with Crippen molar-refractivity contribution in [3.05, 3.63) is 200 Å². The molecule has 0 radical (unpaired) electrons. The van der Waals surface area contributed by atoms with E-state index >= 15 is 0 Å². The van der Waals surface area contributed by atoms with Crippen molar-refractivity contribution in [1.29, 1.82) is 0 Å². The number of para-hydroxylation sites is 1. The van der Waals surface area contributed by atoms with Crippen LogP contribution in [0.4, 0.5) is 17.1 Å². The Morgan fingerprint density at radius 3 is 1.78 bits per heavy atom. The Morgan fingerprint density at radius 2 is 0.944 bits per heavy atom. The zero-order valence-corrected chi connectivity index (χ0v) is 29.4. The summed E-state index contributed by atoms with van der Waals surface area (Å²) >= 11 is 0. The van der Waals surface area contributed by atoms with E-state index in [0.29, 0.717) is 0 Å². The van der Waals surface area contributed by atoms with E-state index in [-0.39, 0.29) is 0 Å². The van der Waals surface area contributed by atoms with Crippen molar-refractivity contribution in [2.24, 2.45) is 0 Å². The molecule has 10 aromatic carbocycles. The van der Waals surface area contributed by atoms with Crippen LogP contribution in [0.5, 0.6) is 0 Å².